The van der Waals surface area contributed by atoms with Crippen LogP contribution in [0, 0.1) is 6.92 Å². The van der Waals surface area contributed by atoms with Crippen molar-refractivity contribution in [2.75, 3.05) is 6.54 Å². The number of aromatic nitrogens is 3. The Labute approximate surface area is 157 Å². The molecule has 3 aromatic rings. The van der Waals surface area contributed by atoms with Gasteiger partial charge in [0.05, 0.1) is 23.6 Å². The van der Waals surface area contributed by atoms with E-state index in [1.165, 1.54) is 0 Å². The average molecular weight is 373 g/mol. The van der Waals surface area contributed by atoms with Crippen LogP contribution in [0.15, 0.2) is 48.8 Å². The second kappa shape index (κ2) is 8.31. The quantitative estimate of drug-likeness (QED) is 0.665. The van der Waals surface area contributed by atoms with Gasteiger partial charge in [-0.2, -0.15) is 5.10 Å². The van der Waals surface area contributed by atoms with E-state index in [9.17, 15) is 5.11 Å². The summed E-state index contributed by atoms with van der Waals surface area (Å²) < 4.78 is 7.64. The Morgan fingerprint density at radius 1 is 1.31 bits per heavy atom. The van der Waals surface area contributed by atoms with E-state index in [2.05, 4.69) is 15.4 Å². The molecule has 0 saturated heterocycles. The number of hydrogen-bond donors (Lipinski definition) is 2. The molecule has 1 aromatic carbocycles. The van der Waals surface area contributed by atoms with E-state index in [1.54, 1.807) is 29.2 Å². The Kier molecular flexibility index (Phi) is 5.88. The van der Waals surface area contributed by atoms with E-state index in [-0.39, 0.29) is 0 Å². The lowest BCUT2D eigenvalue weighted by Gasteiger charge is -2.13. The smallest absolute Gasteiger partial charge is 0.222 e. The second-order valence-corrected chi connectivity index (χ2v) is 6.42. The minimum absolute atomic E-state index is 0.390. The van der Waals surface area contributed by atoms with Crippen LogP contribution in [0.3, 0.4) is 0 Å². The highest BCUT2D eigenvalue weighted by atomic mass is 35.5. The maximum absolute atomic E-state index is 10.3. The van der Waals surface area contributed by atoms with Gasteiger partial charge in [-0.25, -0.2) is 4.68 Å². The Hall–Kier alpha value is -2.41. The maximum Gasteiger partial charge on any atom is 0.222 e. The largest absolute Gasteiger partial charge is 0.437 e. The first-order valence-corrected chi connectivity index (χ1v) is 8.67. The first-order valence-electron chi connectivity index (χ1n) is 8.29. The molecule has 2 heterocycles. The molecule has 0 amide bonds. The molecule has 0 radical (unpaired) electrons. The predicted molar refractivity (Wildman–Crippen MR) is 100 cm³/mol. The van der Waals surface area contributed by atoms with Crippen molar-refractivity contribution < 1.29 is 9.84 Å². The van der Waals surface area contributed by atoms with Gasteiger partial charge in [-0.1, -0.05) is 23.7 Å². The fourth-order valence-corrected chi connectivity index (χ4v) is 2.90. The molecule has 0 unspecified atom stereocenters. The van der Waals surface area contributed by atoms with Crippen LogP contribution in [-0.2, 0) is 13.6 Å². The van der Waals surface area contributed by atoms with E-state index in [1.807, 2.05) is 38.2 Å². The molecule has 0 aliphatic carbocycles. The minimum atomic E-state index is -0.645. The van der Waals surface area contributed by atoms with E-state index in [0.29, 0.717) is 29.7 Å². The van der Waals surface area contributed by atoms with E-state index >= 15 is 0 Å². The van der Waals surface area contributed by atoms with Crippen LogP contribution in [0.5, 0.6) is 11.6 Å². The number of nitrogens with zero attached hydrogens (tertiary/aromatic N) is 3. The number of pyridine rings is 1. The number of benzene rings is 1. The molecule has 0 aliphatic rings. The van der Waals surface area contributed by atoms with Crippen LogP contribution < -0.4 is 10.1 Å². The number of aliphatic hydroxyl groups excluding tert-OH is 1. The molecule has 0 spiro atoms. The lowest BCUT2D eigenvalue weighted by atomic mass is 10.1. The zero-order valence-corrected chi connectivity index (χ0v) is 15.4. The molecule has 3 rings (SSSR count). The van der Waals surface area contributed by atoms with E-state index in [4.69, 9.17) is 16.3 Å². The monoisotopic (exact) mass is 372 g/mol. The minimum Gasteiger partial charge on any atom is -0.437 e. The van der Waals surface area contributed by atoms with Gasteiger partial charge in [0.15, 0.2) is 0 Å². The molecular weight excluding hydrogens is 352 g/mol. The van der Waals surface area contributed by atoms with E-state index < -0.39 is 6.10 Å². The van der Waals surface area contributed by atoms with Crippen molar-refractivity contribution >= 4 is 11.6 Å². The van der Waals surface area contributed by atoms with Crippen LogP contribution >= 0.6 is 11.6 Å². The number of rotatable bonds is 7. The molecule has 26 heavy (non-hydrogen) atoms. The fourth-order valence-electron chi connectivity index (χ4n) is 2.70. The predicted octanol–water partition coefficient (Wildman–Crippen LogP) is 3.39. The number of aliphatic hydroxyl groups is 1. The topological polar surface area (TPSA) is 72.2 Å². The highest BCUT2D eigenvalue weighted by Crippen LogP contribution is 2.26. The summed E-state index contributed by atoms with van der Waals surface area (Å²) in [5, 5.41) is 18.6. The standard InChI is InChI=1S/C19H21ClN4O2/c1-13-17(11-22-12-18(25)14-5-3-6-15(20)9-14)19(24(2)23-13)26-16-7-4-8-21-10-16/h3-10,18,22,25H,11-12H2,1-2H3/t18-/m1/s1. The van der Waals surface area contributed by atoms with Gasteiger partial charge < -0.3 is 15.2 Å². The molecule has 7 heteroatoms. The molecule has 0 bridgehead atoms. The van der Waals surface area contributed by atoms with Crippen molar-refractivity contribution in [2.24, 2.45) is 7.05 Å². The second-order valence-electron chi connectivity index (χ2n) is 5.99. The number of aryl methyl sites for hydroxylation is 2. The molecule has 1 atom stereocenters. The molecule has 2 N–H and O–H groups in total. The van der Waals surface area contributed by atoms with Gasteiger partial charge in [-0.15, -0.1) is 0 Å². The summed E-state index contributed by atoms with van der Waals surface area (Å²) in [6.07, 6.45) is 2.71. The van der Waals surface area contributed by atoms with Gasteiger partial charge in [0, 0.05) is 31.4 Å². The first-order chi connectivity index (χ1) is 12.5. The summed E-state index contributed by atoms with van der Waals surface area (Å²) in [5.74, 6) is 1.30. The molecular formula is C19H21ClN4O2. The zero-order chi connectivity index (χ0) is 18.5. The third-order valence-corrected chi connectivity index (χ3v) is 4.25. The van der Waals surface area contributed by atoms with Crippen LogP contribution in [-0.4, -0.2) is 26.4 Å². The highest BCUT2D eigenvalue weighted by molar-refractivity contribution is 6.30. The van der Waals surface area contributed by atoms with Crippen LogP contribution in [0.1, 0.15) is 22.9 Å². The van der Waals surface area contributed by atoms with Crippen molar-refractivity contribution in [3.8, 4) is 11.6 Å². The number of ether oxygens (including phenoxy) is 1. The Morgan fingerprint density at radius 2 is 2.15 bits per heavy atom. The van der Waals surface area contributed by atoms with Crippen molar-refractivity contribution in [2.45, 2.75) is 19.6 Å². The van der Waals surface area contributed by atoms with Crippen LogP contribution in [0.2, 0.25) is 5.02 Å². The van der Waals surface area contributed by atoms with Gasteiger partial charge >= 0.3 is 0 Å². The third-order valence-electron chi connectivity index (χ3n) is 4.01. The summed E-state index contributed by atoms with van der Waals surface area (Å²) in [4.78, 5) is 4.06. The van der Waals surface area contributed by atoms with Gasteiger partial charge in [-0.05, 0) is 36.8 Å². The lowest BCUT2D eigenvalue weighted by Crippen LogP contribution is -2.21. The SMILES string of the molecule is Cc1nn(C)c(Oc2cccnc2)c1CNC[C@@H](O)c1cccc(Cl)c1. The van der Waals surface area contributed by atoms with Crippen molar-refractivity contribution in [3.63, 3.8) is 0 Å². The van der Waals surface area contributed by atoms with Gasteiger partial charge in [0.1, 0.15) is 5.75 Å². The normalized spacial score (nSPS) is 12.2. The van der Waals surface area contributed by atoms with Crippen molar-refractivity contribution in [1.82, 2.24) is 20.1 Å². The molecule has 2 aromatic heterocycles. The van der Waals surface area contributed by atoms with Crippen LogP contribution in [0.25, 0.3) is 0 Å². The van der Waals surface area contributed by atoms with Gasteiger partial charge in [-0.3, -0.25) is 4.98 Å². The van der Waals surface area contributed by atoms with Crippen molar-refractivity contribution in [1.29, 1.82) is 0 Å². The Balaban J connectivity index is 1.66. The molecule has 0 fully saturated rings. The summed E-state index contributed by atoms with van der Waals surface area (Å²) in [5.41, 5.74) is 2.59. The lowest BCUT2D eigenvalue weighted by molar-refractivity contribution is 0.174. The summed E-state index contributed by atoms with van der Waals surface area (Å²) in [7, 11) is 1.84. The van der Waals surface area contributed by atoms with E-state index in [0.717, 1.165) is 16.8 Å². The van der Waals surface area contributed by atoms with Gasteiger partial charge in [0.25, 0.3) is 0 Å². The maximum atomic E-state index is 10.3. The fraction of sp³-hybridized carbons (Fsp3) is 0.263. The number of nitrogens with one attached hydrogen (secondary N) is 1. The summed E-state index contributed by atoms with van der Waals surface area (Å²) >= 11 is 5.98. The summed E-state index contributed by atoms with van der Waals surface area (Å²) in [6, 6.07) is 10.9. The van der Waals surface area contributed by atoms with Crippen LogP contribution in [0.4, 0.5) is 0 Å². The Morgan fingerprint density at radius 3 is 2.88 bits per heavy atom. The number of halogens is 1. The first kappa shape index (κ1) is 18.4. The summed E-state index contributed by atoms with van der Waals surface area (Å²) in [6.45, 7) is 2.84. The van der Waals surface area contributed by atoms with Gasteiger partial charge in [0.2, 0.25) is 5.88 Å². The zero-order valence-electron chi connectivity index (χ0n) is 14.7. The van der Waals surface area contributed by atoms with Crippen molar-refractivity contribution in [3.05, 3.63) is 70.6 Å². The highest BCUT2D eigenvalue weighted by Gasteiger charge is 2.16. The average Bonchev–Trinajstić information content (AvgIpc) is 2.89. The third kappa shape index (κ3) is 4.40. The number of hydrogen-bond acceptors (Lipinski definition) is 5. The molecule has 6 nitrogen and oxygen atoms in total. The Bertz CT molecular complexity index is 867. The molecule has 0 saturated carbocycles. The molecule has 136 valence electrons. The molecule has 0 aliphatic heterocycles.